The van der Waals surface area contributed by atoms with E-state index in [2.05, 4.69) is 0 Å². The number of carbonyl (C=O) groups excluding carboxylic acids is 2. The van der Waals surface area contributed by atoms with Gasteiger partial charge in [0.1, 0.15) is 11.6 Å². The van der Waals surface area contributed by atoms with Gasteiger partial charge in [-0.2, -0.15) is 0 Å². The van der Waals surface area contributed by atoms with Gasteiger partial charge in [0.05, 0.1) is 5.02 Å². The number of hydrogen-bond acceptors (Lipinski definition) is 3. The minimum atomic E-state index is -0.466. The molecule has 2 N–H and O–H groups in total. The van der Waals surface area contributed by atoms with Crippen LogP contribution in [-0.4, -0.2) is 36.4 Å². The molecule has 2 amide bonds. The summed E-state index contributed by atoms with van der Waals surface area (Å²) in [5.74, 6) is -0.887. The van der Waals surface area contributed by atoms with Gasteiger partial charge in [0.2, 0.25) is 5.91 Å². The van der Waals surface area contributed by atoms with Crippen LogP contribution in [0.15, 0.2) is 18.2 Å². The van der Waals surface area contributed by atoms with Crippen molar-refractivity contribution in [3.05, 3.63) is 29.0 Å². The fraction of sp³-hybridized carbons (Fsp3) is 0.429. The van der Waals surface area contributed by atoms with Crippen molar-refractivity contribution in [2.24, 2.45) is 11.7 Å². The van der Waals surface area contributed by atoms with Gasteiger partial charge in [0.25, 0.3) is 5.91 Å². The van der Waals surface area contributed by atoms with Crippen LogP contribution < -0.4 is 10.5 Å². The third-order valence-electron chi connectivity index (χ3n) is 3.50. The van der Waals surface area contributed by atoms with Gasteiger partial charge in [0, 0.05) is 19.0 Å². The van der Waals surface area contributed by atoms with Gasteiger partial charge in [-0.15, -0.1) is 0 Å². The second-order valence-corrected chi connectivity index (χ2v) is 5.33. The average molecular weight is 315 g/mol. The van der Waals surface area contributed by atoms with Crippen LogP contribution in [0.3, 0.4) is 0 Å². The summed E-state index contributed by atoms with van der Waals surface area (Å²) in [5.41, 5.74) is 5.24. The van der Waals surface area contributed by atoms with Crippen LogP contribution in [0.1, 0.15) is 12.8 Å². The summed E-state index contributed by atoms with van der Waals surface area (Å²) in [6.45, 7) is 0.784. The summed E-state index contributed by atoms with van der Waals surface area (Å²) >= 11 is 5.81. The van der Waals surface area contributed by atoms with E-state index < -0.39 is 5.82 Å². The average Bonchev–Trinajstić information content (AvgIpc) is 2.46. The second kappa shape index (κ2) is 6.76. The molecule has 0 aliphatic carbocycles. The highest BCUT2D eigenvalue weighted by molar-refractivity contribution is 6.32. The Balaban J connectivity index is 1.84. The fourth-order valence-electron chi connectivity index (χ4n) is 2.24. The number of likely N-dealkylation sites (tertiary alicyclic amines) is 1. The molecule has 1 fully saturated rings. The summed E-state index contributed by atoms with van der Waals surface area (Å²) in [6, 6.07) is 3.72. The number of carbonyl (C=O) groups is 2. The SMILES string of the molecule is NC(=O)C1CCN(C(=O)COc2ccc(F)cc2Cl)CC1. The monoisotopic (exact) mass is 314 g/mol. The summed E-state index contributed by atoms with van der Waals surface area (Å²) in [4.78, 5) is 24.7. The lowest BCUT2D eigenvalue weighted by molar-refractivity contribution is -0.136. The molecule has 21 heavy (non-hydrogen) atoms. The lowest BCUT2D eigenvalue weighted by Gasteiger charge is -2.30. The molecule has 114 valence electrons. The standard InChI is InChI=1S/C14H16ClFN2O3/c15-11-7-10(16)1-2-12(11)21-8-13(19)18-5-3-9(4-6-18)14(17)20/h1-2,7,9H,3-6,8H2,(H2,17,20). The van der Waals surface area contributed by atoms with Crippen LogP contribution >= 0.6 is 11.6 Å². The lowest BCUT2D eigenvalue weighted by Crippen LogP contribution is -2.43. The van der Waals surface area contributed by atoms with E-state index in [0.29, 0.717) is 25.9 Å². The van der Waals surface area contributed by atoms with Crippen LogP contribution in [0.5, 0.6) is 5.75 Å². The normalized spacial score (nSPS) is 15.8. The number of rotatable bonds is 4. The molecule has 1 aromatic carbocycles. The van der Waals surface area contributed by atoms with Gasteiger partial charge >= 0.3 is 0 Å². The van der Waals surface area contributed by atoms with E-state index in [-0.39, 0.29) is 35.1 Å². The van der Waals surface area contributed by atoms with Crippen LogP contribution in [0, 0.1) is 11.7 Å². The van der Waals surface area contributed by atoms with E-state index in [9.17, 15) is 14.0 Å². The van der Waals surface area contributed by atoms with E-state index in [1.54, 1.807) is 4.90 Å². The van der Waals surface area contributed by atoms with Gasteiger partial charge in [0.15, 0.2) is 6.61 Å². The van der Waals surface area contributed by atoms with Gasteiger partial charge < -0.3 is 15.4 Å². The van der Waals surface area contributed by atoms with Crippen LogP contribution in [-0.2, 0) is 9.59 Å². The van der Waals surface area contributed by atoms with Crippen molar-refractivity contribution in [1.82, 2.24) is 4.90 Å². The highest BCUT2D eigenvalue weighted by Gasteiger charge is 2.26. The van der Waals surface area contributed by atoms with E-state index in [1.165, 1.54) is 12.1 Å². The molecular formula is C14H16ClFN2O3. The number of nitrogens with two attached hydrogens (primary N) is 1. The first-order valence-corrected chi connectivity index (χ1v) is 7.00. The quantitative estimate of drug-likeness (QED) is 0.917. The van der Waals surface area contributed by atoms with Crippen molar-refractivity contribution in [3.8, 4) is 5.75 Å². The highest BCUT2D eigenvalue weighted by Crippen LogP contribution is 2.25. The van der Waals surface area contributed by atoms with Gasteiger partial charge in [-0.3, -0.25) is 9.59 Å². The third kappa shape index (κ3) is 4.07. The molecule has 1 heterocycles. The predicted octanol–water partition coefficient (Wildman–Crippen LogP) is 1.58. The van der Waals surface area contributed by atoms with Crippen molar-refractivity contribution >= 4 is 23.4 Å². The Morgan fingerprint density at radius 1 is 1.38 bits per heavy atom. The molecule has 5 nitrogen and oxygen atoms in total. The smallest absolute Gasteiger partial charge is 0.260 e. The molecule has 2 rings (SSSR count). The predicted molar refractivity (Wildman–Crippen MR) is 75.4 cm³/mol. The number of nitrogens with zero attached hydrogens (tertiary/aromatic N) is 1. The van der Waals surface area contributed by atoms with Gasteiger partial charge in [-0.1, -0.05) is 11.6 Å². The zero-order valence-electron chi connectivity index (χ0n) is 11.4. The maximum Gasteiger partial charge on any atom is 0.260 e. The summed E-state index contributed by atoms with van der Waals surface area (Å²) in [5, 5.41) is 0.121. The Kier molecular flexibility index (Phi) is 5.01. The van der Waals surface area contributed by atoms with E-state index in [4.69, 9.17) is 22.1 Å². The van der Waals surface area contributed by atoms with E-state index in [0.717, 1.165) is 6.07 Å². The first-order chi connectivity index (χ1) is 9.97. The number of ether oxygens (including phenoxy) is 1. The molecule has 0 unspecified atom stereocenters. The number of primary amides is 1. The Bertz CT molecular complexity index is 545. The molecule has 0 bridgehead atoms. The Hall–Kier alpha value is -1.82. The summed E-state index contributed by atoms with van der Waals surface area (Å²) < 4.78 is 18.2. The maximum absolute atomic E-state index is 12.9. The molecule has 7 heteroatoms. The zero-order valence-corrected chi connectivity index (χ0v) is 12.1. The minimum Gasteiger partial charge on any atom is -0.482 e. The second-order valence-electron chi connectivity index (χ2n) is 4.92. The van der Waals surface area contributed by atoms with Gasteiger partial charge in [-0.25, -0.2) is 4.39 Å². The first-order valence-electron chi connectivity index (χ1n) is 6.62. The van der Waals surface area contributed by atoms with Crippen molar-refractivity contribution in [2.75, 3.05) is 19.7 Å². The van der Waals surface area contributed by atoms with Crippen LogP contribution in [0.4, 0.5) is 4.39 Å². The molecule has 0 spiro atoms. The molecule has 0 aromatic heterocycles. The largest absolute Gasteiger partial charge is 0.482 e. The molecular weight excluding hydrogens is 299 g/mol. The molecule has 1 aliphatic rings. The number of piperidine rings is 1. The molecule has 1 aromatic rings. The Labute approximate surface area is 126 Å². The van der Waals surface area contributed by atoms with Crippen molar-refractivity contribution in [1.29, 1.82) is 0 Å². The number of benzene rings is 1. The fourth-order valence-corrected chi connectivity index (χ4v) is 2.46. The van der Waals surface area contributed by atoms with Crippen LogP contribution in [0.25, 0.3) is 0 Å². The Morgan fingerprint density at radius 3 is 2.62 bits per heavy atom. The van der Waals surface area contributed by atoms with Gasteiger partial charge in [-0.05, 0) is 31.0 Å². The zero-order chi connectivity index (χ0) is 15.4. The minimum absolute atomic E-state index is 0.121. The number of hydrogen-bond donors (Lipinski definition) is 1. The summed E-state index contributed by atoms with van der Waals surface area (Å²) in [7, 11) is 0. The van der Waals surface area contributed by atoms with E-state index in [1.807, 2.05) is 0 Å². The van der Waals surface area contributed by atoms with Crippen molar-refractivity contribution < 1.29 is 18.7 Å². The van der Waals surface area contributed by atoms with E-state index >= 15 is 0 Å². The maximum atomic E-state index is 12.9. The van der Waals surface area contributed by atoms with Crippen molar-refractivity contribution in [3.63, 3.8) is 0 Å². The number of amides is 2. The Morgan fingerprint density at radius 2 is 2.05 bits per heavy atom. The van der Waals surface area contributed by atoms with Crippen molar-refractivity contribution in [2.45, 2.75) is 12.8 Å². The highest BCUT2D eigenvalue weighted by atomic mass is 35.5. The molecule has 0 saturated carbocycles. The molecule has 0 atom stereocenters. The third-order valence-corrected chi connectivity index (χ3v) is 3.79. The van der Waals surface area contributed by atoms with Crippen LogP contribution in [0.2, 0.25) is 5.02 Å². The lowest BCUT2D eigenvalue weighted by atomic mass is 9.96. The molecule has 0 radical (unpaired) electrons. The summed E-state index contributed by atoms with van der Waals surface area (Å²) in [6.07, 6.45) is 1.14. The first kappa shape index (κ1) is 15.6. The number of halogens is 2. The molecule has 1 aliphatic heterocycles. The topological polar surface area (TPSA) is 72.6 Å². The molecule has 1 saturated heterocycles.